The van der Waals surface area contributed by atoms with Crippen LogP contribution in [0, 0.1) is 0 Å². The van der Waals surface area contributed by atoms with Crippen molar-refractivity contribution in [1.82, 2.24) is 4.98 Å². The first-order valence-corrected chi connectivity index (χ1v) is 6.03. The van der Waals surface area contributed by atoms with Gasteiger partial charge in [0.05, 0.1) is 0 Å². The minimum absolute atomic E-state index is 0.0143. The van der Waals surface area contributed by atoms with Gasteiger partial charge in [0.1, 0.15) is 11.4 Å². The first-order valence-electron chi connectivity index (χ1n) is 6.03. The molecule has 0 aliphatic heterocycles. The Balaban J connectivity index is 2.04. The molecule has 5 nitrogen and oxygen atoms in total. The molecule has 1 heterocycles. The molecule has 0 spiro atoms. The van der Waals surface area contributed by atoms with Crippen LogP contribution in [0.3, 0.4) is 0 Å². The van der Waals surface area contributed by atoms with Crippen LogP contribution in [0.4, 0.5) is 17.1 Å². The zero-order chi connectivity index (χ0) is 14.1. The van der Waals surface area contributed by atoms with E-state index < -0.39 is 10.9 Å². The highest BCUT2D eigenvalue weighted by molar-refractivity contribution is 5.85. The van der Waals surface area contributed by atoms with Crippen LogP contribution in [0.25, 0.3) is 11.1 Å². The van der Waals surface area contributed by atoms with Crippen LogP contribution >= 0.6 is 0 Å². The third-order valence-corrected chi connectivity index (χ3v) is 3.13. The number of pyridine rings is 1. The Labute approximate surface area is 114 Å². The maximum atomic E-state index is 11.5. The van der Waals surface area contributed by atoms with E-state index in [4.69, 9.17) is 5.73 Å². The van der Waals surface area contributed by atoms with Gasteiger partial charge in [0, 0.05) is 23.6 Å². The smallest absolute Gasteiger partial charge is 0.253 e. The second-order valence-corrected chi connectivity index (χ2v) is 4.35. The van der Waals surface area contributed by atoms with Crippen molar-refractivity contribution in [1.29, 1.82) is 0 Å². The lowest BCUT2D eigenvalue weighted by Gasteiger charge is -2.14. The van der Waals surface area contributed by atoms with Crippen molar-refractivity contribution in [3.63, 3.8) is 0 Å². The molecule has 0 amide bonds. The monoisotopic (exact) mass is 265 g/mol. The van der Waals surface area contributed by atoms with Crippen LogP contribution in [-0.4, -0.2) is 4.98 Å². The largest absolute Gasteiger partial charge is 0.394 e. The van der Waals surface area contributed by atoms with Crippen LogP contribution in [0.15, 0.2) is 58.4 Å². The molecule has 3 aromatic rings. The summed E-state index contributed by atoms with van der Waals surface area (Å²) in [4.78, 5) is 26.6. The van der Waals surface area contributed by atoms with Crippen LogP contribution in [0.2, 0.25) is 0 Å². The fourth-order valence-electron chi connectivity index (χ4n) is 2.04. The molecular formula is C15H11N3O2. The van der Waals surface area contributed by atoms with Crippen molar-refractivity contribution in [2.75, 3.05) is 11.1 Å². The number of nitrogens with zero attached hydrogens (tertiary/aromatic N) is 1. The highest BCUT2D eigenvalue weighted by atomic mass is 16.2. The Morgan fingerprint density at radius 2 is 1.65 bits per heavy atom. The van der Waals surface area contributed by atoms with Gasteiger partial charge in [-0.25, -0.2) is 0 Å². The summed E-state index contributed by atoms with van der Waals surface area (Å²) in [6.45, 7) is 0. The maximum Gasteiger partial charge on any atom is 0.253 e. The van der Waals surface area contributed by atoms with E-state index in [0.29, 0.717) is 0 Å². The van der Waals surface area contributed by atoms with Gasteiger partial charge in [-0.1, -0.05) is 18.2 Å². The van der Waals surface area contributed by atoms with E-state index in [1.54, 1.807) is 12.4 Å². The quantitative estimate of drug-likeness (QED) is 0.704. The zero-order valence-electron chi connectivity index (χ0n) is 10.5. The molecule has 0 unspecified atom stereocenters. The van der Waals surface area contributed by atoms with Gasteiger partial charge in [0.15, 0.2) is 0 Å². The number of nitrogens with one attached hydrogen (secondary N) is 1. The number of benzene rings is 1. The molecule has 0 fully saturated rings. The number of aromatic nitrogens is 1. The van der Waals surface area contributed by atoms with Crippen LogP contribution in [-0.2, 0) is 0 Å². The molecule has 20 heavy (non-hydrogen) atoms. The lowest BCUT2D eigenvalue weighted by molar-refractivity contribution is 1.33. The Bertz CT molecular complexity index is 834. The highest BCUT2D eigenvalue weighted by Crippen LogP contribution is 2.30. The average Bonchev–Trinajstić information content (AvgIpc) is 2.52. The van der Waals surface area contributed by atoms with Gasteiger partial charge in [-0.15, -0.1) is 0 Å². The number of nitrogen functional groups attached to an aromatic ring is 1. The van der Waals surface area contributed by atoms with Gasteiger partial charge in [-0.2, -0.15) is 0 Å². The molecule has 5 heteroatoms. The van der Waals surface area contributed by atoms with Crippen molar-refractivity contribution in [3.05, 3.63) is 69.2 Å². The van der Waals surface area contributed by atoms with E-state index in [0.717, 1.165) is 16.8 Å². The molecule has 0 saturated heterocycles. The summed E-state index contributed by atoms with van der Waals surface area (Å²) in [5.74, 6) is 0. The van der Waals surface area contributed by atoms with Gasteiger partial charge < -0.3 is 11.1 Å². The Morgan fingerprint density at radius 3 is 2.35 bits per heavy atom. The summed E-state index contributed by atoms with van der Waals surface area (Å²) in [6.07, 6.45) is 3.38. The molecule has 0 atom stereocenters. The fourth-order valence-corrected chi connectivity index (χ4v) is 2.04. The number of rotatable bonds is 3. The molecule has 0 aliphatic rings. The maximum absolute atomic E-state index is 11.5. The summed E-state index contributed by atoms with van der Waals surface area (Å²) in [5, 5.41) is 2.94. The van der Waals surface area contributed by atoms with Gasteiger partial charge in [0.25, 0.3) is 10.9 Å². The summed E-state index contributed by atoms with van der Waals surface area (Å²) in [6, 6.07) is 11.2. The van der Waals surface area contributed by atoms with Crippen molar-refractivity contribution >= 4 is 17.1 Å². The molecule has 0 aliphatic carbocycles. The molecule has 3 rings (SSSR count). The van der Waals surface area contributed by atoms with Gasteiger partial charge in [0.2, 0.25) is 0 Å². The topological polar surface area (TPSA) is 85.1 Å². The van der Waals surface area contributed by atoms with Crippen molar-refractivity contribution in [3.8, 4) is 11.1 Å². The molecule has 98 valence electrons. The molecule has 0 radical (unpaired) electrons. The Hall–Kier alpha value is -2.95. The molecular weight excluding hydrogens is 254 g/mol. The highest BCUT2D eigenvalue weighted by Gasteiger charge is 2.18. The van der Waals surface area contributed by atoms with E-state index in [9.17, 15) is 9.59 Å². The molecule has 3 N–H and O–H groups in total. The summed E-state index contributed by atoms with van der Waals surface area (Å²) < 4.78 is 0. The van der Waals surface area contributed by atoms with E-state index in [1.807, 2.05) is 36.4 Å². The van der Waals surface area contributed by atoms with Gasteiger partial charge >= 0.3 is 0 Å². The third-order valence-electron chi connectivity index (χ3n) is 3.13. The van der Waals surface area contributed by atoms with Crippen molar-refractivity contribution in [2.24, 2.45) is 0 Å². The van der Waals surface area contributed by atoms with Crippen LogP contribution in [0.1, 0.15) is 0 Å². The minimum Gasteiger partial charge on any atom is -0.394 e. The Kier molecular flexibility index (Phi) is 2.80. The number of hydrogen-bond donors (Lipinski definition) is 2. The van der Waals surface area contributed by atoms with Crippen molar-refractivity contribution < 1.29 is 0 Å². The second-order valence-electron chi connectivity index (χ2n) is 4.35. The third kappa shape index (κ3) is 1.85. The number of nitrogens with two attached hydrogens (primary N) is 1. The zero-order valence-corrected chi connectivity index (χ0v) is 10.5. The molecule has 0 bridgehead atoms. The predicted molar refractivity (Wildman–Crippen MR) is 78.7 cm³/mol. The van der Waals surface area contributed by atoms with E-state index in [2.05, 4.69) is 10.3 Å². The first kappa shape index (κ1) is 12.1. The van der Waals surface area contributed by atoms with E-state index >= 15 is 0 Å². The molecule has 0 saturated carbocycles. The SMILES string of the molecule is Nc1c(Nc2ccccc2-c2ccncc2)c(=O)c1=O. The molecule has 2 aromatic carbocycles. The predicted octanol–water partition coefficient (Wildman–Crippen LogP) is 1.67. The summed E-state index contributed by atoms with van der Waals surface area (Å²) >= 11 is 0. The second kappa shape index (κ2) is 4.62. The normalized spacial score (nSPS) is 10.6. The minimum atomic E-state index is -0.631. The average molecular weight is 265 g/mol. The van der Waals surface area contributed by atoms with Crippen LogP contribution < -0.4 is 21.9 Å². The van der Waals surface area contributed by atoms with Gasteiger partial charge in [-0.3, -0.25) is 14.6 Å². The van der Waals surface area contributed by atoms with E-state index in [-0.39, 0.29) is 11.4 Å². The molecule has 1 aromatic heterocycles. The van der Waals surface area contributed by atoms with Crippen LogP contribution in [0.5, 0.6) is 0 Å². The summed E-state index contributed by atoms with van der Waals surface area (Å²) in [7, 11) is 0. The lowest BCUT2D eigenvalue weighted by Crippen LogP contribution is -2.36. The standard InChI is InChI=1S/C15H11N3O2/c16-12-13(15(20)14(12)19)18-11-4-2-1-3-10(11)9-5-7-17-8-6-9/h1-8,18H,16H2. The number of hydrogen-bond acceptors (Lipinski definition) is 5. The summed E-state index contributed by atoms with van der Waals surface area (Å²) in [5.41, 5.74) is 7.06. The number of anilines is 3. The van der Waals surface area contributed by atoms with Crippen molar-refractivity contribution in [2.45, 2.75) is 0 Å². The van der Waals surface area contributed by atoms with E-state index in [1.165, 1.54) is 0 Å². The fraction of sp³-hybridized carbons (Fsp3) is 0. The first-order chi connectivity index (χ1) is 9.68. The lowest BCUT2D eigenvalue weighted by atomic mass is 10.0. The number of para-hydroxylation sites is 1. The van der Waals surface area contributed by atoms with Gasteiger partial charge in [-0.05, 0) is 23.8 Å². The Morgan fingerprint density at radius 1 is 0.950 bits per heavy atom.